The number of primary amides is 1. The lowest BCUT2D eigenvalue weighted by atomic mass is 10.2. The molecule has 0 aliphatic carbocycles. The minimum atomic E-state index is -1.02. The molecule has 9 heteroatoms. The van der Waals surface area contributed by atoms with E-state index in [9.17, 15) is 19.7 Å². The molecule has 0 heterocycles. The van der Waals surface area contributed by atoms with E-state index in [0.29, 0.717) is 6.54 Å². The lowest BCUT2D eigenvalue weighted by Crippen LogP contribution is -2.38. The van der Waals surface area contributed by atoms with Crippen molar-refractivity contribution in [2.75, 3.05) is 13.7 Å². The molecule has 1 aromatic carbocycles. The number of urea groups is 1. The van der Waals surface area contributed by atoms with Crippen LogP contribution < -0.4 is 21.1 Å². The monoisotopic (exact) mass is 282 g/mol. The van der Waals surface area contributed by atoms with Gasteiger partial charge in [0.25, 0.3) is 5.91 Å². The van der Waals surface area contributed by atoms with E-state index in [4.69, 9.17) is 10.5 Å². The highest BCUT2D eigenvalue weighted by Gasteiger charge is 2.17. The van der Waals surface area contributed by atoms with Crippen molar-refractivity contribution in [1.29, 1.82) is 0 Å². The van der Waals surface area contributed by atoms with Gasteiger partial charge in [-0.25, -0.2) is 4.79 Å². The predicted molar refractivity (Wildman–Crippen MR) is 69.1 cm³/mol. The Kier molecular flexibility index (Phi) is 5.42. The van der Waals surface area contributed by atoms with Crippen LogP contribution in [0.1, 0.15) is 5.56 Å². The summed E-state index contributed by atoms with van der Waals surface area (Å²) in [6.45, 7) is -0.0609. The van der Waals surface area contributed by atoms with E-state index in [1.807, 2.05) is 0 Å². The lowest BCUT2D eigenvalue weighted by molar-refractivity contribution is -0.385. The number of nitro benzene ring substituents is 1. The van der Waals surface area contributed by atoms with E-state index in [0.717, 1.165) is 5.56 Å². The fourth-order valence-corrected chi connectivity index (χ4v) is 1.46. The smallest absolute Gasteiger partial charge is 0.318 e. The van der Waals surface area contributed by atoms with Crippen molar-refractivity contribution in [3.8, 4) is 5.75 Å². The van der Waals surface area contributed by atoms with Gasteiger partial charge in [-0.05, 0) is 18.7 Å². The van der Waals surface area contributed by atoms with E-state index >= 15 is 0 Å². The van der Waals surface area contributed by atoms with Crippen LogP contribution in [0.2, 0.25) is 0 Å². The van der Waals surface area contributed by atoms with Gasteiger partial charge in [-0.3, -0.25) is 20.2 Å². The first-order valence-electron chi connectivity index (χ1n) is 5.58. The van der Waals surface area contributed by atoms with Gasteiger partial charge in [0.1, 0.15) is 0 Å². The molecular weight excluding hydrogens is 268 g/mol. The molecule has 0 spiro atoms. The van der Waals surface area contributed by atoms with E-state index < -0.39 is 23.5 Å². The van der Waals surface area contributed by atoms with Gasteiger partial charge in [0.15, 0.2) is 12.4 Å². The molecule has 20 heavy (non-hydrogen) atoms. The van der Waals surface area contributed by atoms with Crippen molar-refractivity contribution < 1.29 is 19.2 Å². The van der Waals surface area contributed by atoms with Crippen molar-refractivity contribution in [3.05, 3.63) is 33.9 Å². The Hall–Kier alpha value is -2.68. The Morgan fingerprint density at radius 2 is 2.15 bits per heavy atom. The maximum Gasteiger partial charge on any atom is 0.318 e. The minimum absolute atomic E-state index is 0.0534. The molecule has 0 fully saturated rings. The lowest BCUT2D eigenvalue weighted by Gasteiger charge is -2.08. The Balaban J connectivity index is 2.84. The normalized spacial score (nSPS) is 9.85. The van der Waals surface area contributed by atoms with E-state index in [1.165, 1.54) is 12.1 Å². The number of imide groups is 1. The second-order valence-corrected chi connectivity index (χ2v) is 3.79. The Morgan fingerprint density at radius 1 is 1.45 bits per heavy atom. The Labute approximate surface area is 114 Å². The van der Waals surface area contributed by atoms with Gasteiger partial charge < -0.3 is 15.8 Å². The summed E-state index contributed by atoms with van der Waals surface area (Å²) in [6.07, 6.45) is 0. The maximum atomic E-state index is 11.2. The third kappa shape index (κ3) is 4.53. The summed E-state index contributed by atoms with van der Waals surface area (Å²) in [5.74, 6) is -0.840. The van der Waals surface area contributed by atoms with Gasteiger partial charge in [-0.1, -0.05) is 6.07 Å². The van der Waals surface area contributed by atoms with Crippen LogP contribution in [0, 0.1) is 10.1 Å². The molecule has 0 aromatic heterocycles. The molecule has 0 unspecified atom stereocenters. The number of hydrogen-bond acceptors (Lipinski definition) is 6. The molecule has 0 radical (unpaired) electrons. The first kappa shape index (κ1) is 15.4. The number of hydrogen-bond donors (Lipinski definition) is 3. The van der Waals surface area contributed by atoms with Crippen LogP contribution in [-0.2, 0) is 11.3 Å². The molecule has 1 rings (SSSR count). The summed E-state index contributed by atoms with van der Waals surface area (Å²) in [5, 5.41) is 15.5. The van der Waals surface area contributed by atoms with Gasteiger partial charge in [-0.15, -0.1) is 0 Å². The van der Waals surface area contributed by atoms with Gasteiger partial charge in [-0.2, -0.15) is 0 Å². The van der Waals surface area contributed by atoms with Crippen molar-refractivity contribution >= 4 is 17.6 Å². The van der Waals surface area contributed by atoms with Crippen LogP contribution >= 0.6 is 0 Å². The molecule has 0 saturated carbocycles. The zero-order valence-electron chi connectivity index (χ0n) is 10.7. The molecule has 0 aliphatic heterocycles. The summed E-state index contributed by atoms with van der Waals surface area (Å²) < 4.78 is 5.06. The number of nitro groups is 1. The molecule has 0 aliphatic rings. The third-order valence-electron chi connectivity index (χ3n) is 2.22. The number of ether oxygens (including phenoxy) is 1. The highest BCUT2D eigenvalue weighted by molar-refractivity contribution is 5.94. The predicted octanol–water partition coefficient (Wildman–Crippen LogP) is -0.112. The minimum Gasteiger partial charge on any atom is -0.477 e. The first-order valence-corrected chi connectivity index (χ1v) is 5.58. The fraction of sp³-hybridized carbons (Fsp3) is 0.273. The summed E-state index contributed by atoms with van der Waals surface area (Å²) in [6, 6.07) is 3.29. The number of nitrogens with one attached hydrogen (secondary N) is 2. The standard InChI is InChI=1S/C11H14N4O5/c1-13-5-7-2-3-8(15(18)19)9(4-7)20-6-10(16)14-11(12)17/h2-4,13H,5-6H2,1H3,(H3,12,14,16,17). The Morgan fingerprint density at radius 3 is 2.70 bits per heavy atom. The maximum absolute atomic E-state index is 11.2. The Bertz CT molecular complexity index is 532. The molecule has 0 bridgehead atoms. The zero-order chi connectivity index (χ0) is 15.1. The average Bonchev–Trinajstić information content (AvgIpc) is 2.36. The molecule has 3 amide bonds. The van der Waals surface area contributed by atoms with Crippen molar-refractivity contribution in [3.63, 3.8) is 0 Å². The molecule has 0 saturated heterocycles. The molecule has 9 nitrogen and oxygen atoms in total. The molecule has 1 aromatic rings. The fourth-order valence-electron chi connectivity index (χ4n) is 1.46. The van der Waals surface area contributed by atoms with Crippen LogP contribution in [0.3, 0.4) is 0 Å². The number of carbonyl (C=O) groups is 2. The zero-order valence-corrected chi connectivity index (χ0v) is 10.7. The third-order valence-corrected chi connectivity index (χ3v) is 2.22. The number of nitrogens with two attached hydrogens (primary N) is 1. The number of nitrogens with zero attached hydrogens (tertiary/aromatic N) is 1. The van der Waals surface area contributed by atoms with E-state index in [1.54, 1.807) is 18.4 Å². The topological polar surface area (TPSA) is 137 Å². The second kappa shape index (κ2) is 7.04. The highest BCUT2D eigenvalue weighted by atomic mass is 16.6. The number of carbonyl (C=O) groups excluding carboxylic acids is 2. The second-order valence-electron chi connectivity index (χ2n) is 3.79. The van der Waals surface area contributed by atoms with Crippen LogP contribution in [0.25, 0.3) is 0 Å². The van der Waals surface area contributed by atoms with Gasteiger partial charge in [0.05, 0.1) is 4.92 Å². The van der Waals surface area contributed by atoms with Crippen molar-refractivity contribution in [1.82, 2.24) is 10.6 Å². The number of rotatable bonds is 6. The van der Waals surface area contributed by atoms with Gasteiger partial charge >= 0.3 is 11.7 Å². The van der Waals surface area contributed by atoms with Crippen molar-refractivity contribution in [2.24, 2.45) is 5.73 Å². The summed E-state index contributed by atoms with van der Waals surface area (Å²) in [5.41, 5.74) is 5.25. The van der Waals surface area contributed by atoms with Crippen LogP contribution in [0.5, 0.6) is 5.75 Å². The van der Waals surface area contributed by atoms with Crippen LogP contribution in [0.4, 0.5) is 10.5 Å². The van der Waals surface area contributed by atoms with E-state index in [-0.39, 0.29) is 11.4 Å². The molecule has 0 atom stereocenters. The van der Waals surface area contributed by atoms with Crippen LogP contribution in [-0.4, -0.2) is 30.5 Å². The summed E-state index contributed by atoms with van der Waals surface area (Å²) >= 11 is 0. The SMILES string of the molecule is CNCc1ccc([N+](=O)[O-])c(OCC(=O)NC(N)=O)c1. The largest absolute Gasteiger partial charge is 0.477 e. The summed E-state index contributed by atoms with van der Waals surface area (Å²) in [7, 11) is 1.72. The number of benzene rings is 1. The van der Waals surface area contributed by atoms with Gasteiger partial charge in [0.2, 0.25) is 0 Å². The highest BCUT2D eigenvalue weighted by Crippen LogP contribution is 2.27. The van der Waals surface area contributed by atoms with E-state index in [2.05, 4.69) is 5.32 Å². The molecular formula is C11H14N4O5. The average molecular weight is 282 g/mol. The molecule has 4 N–H and O–H groups in total. The van der Waals surface area contributed by atoms with Crippen LogP contribution in [0.15, 0.2) is 18.2 Å². The van der Waals surface area contributed by atoms with Gasteiger partial charge in [0, 0.05) is 12.6 Å². The number of amides is 3. The first-order chi connectivity index (χ1) is 9.43. The molecule has 108 valence electrons. The van der Waals surface area contributed by atoms with Crippen molar-refractivity contribution in [2.45, 2.75) is 6.54 Å². The quantitative estimate of drug-likeness (QED) is 0.491. The summed E-state index contributed by atoms with van der Waals surface area (Å²) in [4.78, 5) is 31.9.